The second-order valence-corrected chi connectivity index (χ2v) is 6.17. The summed E-state index contributed by atoms with van der Waals surface area (Å²) in [5.41, 5.74) is 0. The highest BCUT2D eigenvalue weighted by Crippen LogP contribution is 2.31. The van der Waals surface area contributed by atoms with Crippen LogP contribution in [0.15, 0.2) is 0 Å². The molecular weight excluding hydrogens is 242 g/mol. The van der Waals surface area contributed by atoms with Gasteiger partial charge >= 0.3 is 5.97 Å². The molecule has 0 aliphatic heterocycles. The lowest BCUT2D eigenvalue weighted by molar-refractivity contribution is -0.141. The summed E-state index contributed by atoms with van der Waals surface area (Å²) < 4.78 is 11.0. The summed E-state index contributed by atoms with van der Waals surface area (Å²) in [6.07, 6.45) is 3.22. The molecule has 0 aromatic rings. The molecule has 0 radical (unpaired) electrons. The van der Waals surface area contributed by atoms with E-state index in [9.17, 15) is 13.8 Å². The molecule has 6 heteroatoms. The summed E-state index contributed by atoms with van der Waals surface area (Å²) in [7, 11) is -0.937. The molecule has 1 aliphatic rings. The van der Waals surface area contributed by atoms with Crippen molar-refractivity contribution < 1.29 is 18.9 Å². The van der Waals surface area contributed by atoms with Crippen LogP contribution in [0.3, 0.4) is 0 Å². The quantitative estimate of drug-likeness (QED) is 0.749. The molecule has 0 heterocycles. The number of rotatable bonds is 5. The predicted molar refractivity (Wildman–Crippen MR) is 65.0 cm³/mol. The number of carbonyl (C=O) groups is 2. The normalized spacial score (nSPS) is 27.4. The minimum Gasteiger partial charge on any atom is -0.481 e. The van der Waals surface area contributed by atoms with Gasteiger partial charge in [0.05, 0.1) is 5.92 Å². The van der Waals surface area contributed by atoms with Gasteiger partial charge in [-0.25, -0.2) is 0 Å². The maximum Gasteiger partial charge on any atom is 0.306 e. The molecule has 5 nitrogen and oxygen atoms in total. The van der Waals surface area contributed by atoms with Crippen molar-refractivity contribution >= 4 is 22.7 Å². The topological polar surface area (TPSA) is 83.5 Å². The molecule has 2 unspecified atom stereocenters. The first kappa shape index (κ1) is 14.2. The van der Waals surface area contributed by atoms with E-state index in [1.165, 1.54) is 0 Å². The summed E-state index contributed by atoms with van der Waals surface area (Å²) >= 11 is 0. The van der Waals surface area contributed by atoms with Crippen molar-refractivity contribution in [3.8, 4) is 0 Å². The highest BCUT2D eigenvalue weighted by Gasteiger charge is 2.34. The lowest BCUT2D eigenvalue weighted by Crippen LogP contribution is -2.39. The van der Waals surface area contributed by atoms with Crippen LogP contribution >= 0.6 is 0 Å². The first-order valence-electron chi connectivity index (χ1n) is 5.73. The molecule has 1 fully saturated rings. The van der Waals surface area contributed by atoms with Crippen molar-refractivity contribution in [1.29, 1.82) is 0 Å². The van der Waals surface area contributed by atoms with Crippen LogP contribution in [0.5, 0.6) is 0 Å². The van der Waals surface area contributed by atoms with Gasteiger partial charge in [-0.2, -0.15) is 0 Å². The van der Waals surface area contributed by atoms with Gasteiger partial charge in [0, 0.05) is 34.8 Å². The van der Waals surface area contributed by atoms with Crippen molar-refractivity contribution in [2.45, 2.75) is 32.2 Å². The van der Waals surface area contributed by atoms with E-state index in [2.05, 4.69) is 5.32 Å². The van der Waals surface area contributed by atoms with E-state index in [-0.39, 0.29) is 23.8 Å². The number of nitrogens with one attached hydrogen (secondary N) is 1. The highest BCUT2D eigenvalue weighted by molar-refractivity contribution is 7.84. The third kappa shape index (κ3) is 4.46. The Balaban J connectivity index is 2.39. The highest BCUT2D eigenvalue weighted by atomic mass is 32.2. The van der Waals surface area contributed by atoms with Crippen LogP contribution < -0.4 is 5.32 Å². The summed E-state index contributed by atoms with van der Waals surface area (Å²) in [6, 6.07) is -0.128. The Morgan fingerprint density at radius 3 is 2.47 bits per heavy atom. The lowest BCUT2D eigenvalue weighted by Gasteiger charge is -2.16. The van der Waals surface area contributed by atoms with Gasteiger partial charge in [0.2, 0.25) is 5.91 Å². The van der Waals surface area contributed by atoms with Gasteiger partial charge in [0.15, 0.2) is 0 Å². The van der Waals surface area contributed by atoms with Crippen LogP contribution in [-0.2, 0) is 20.4 Å². The predicted octanol–water partition coefficient (Wildman–Crippen LogP) is 0.370. The molecule has 1 amide bonds. The number of carboxylic acid groups (broad SMARTS) is 1. The summed E-state index contributed by atoms with van der Waals surface area (Å²) in [5.74, 6) is -1.08. The molecule has 1 saturated carbocycles. The van der Waals surface area contributed by atoms with E-state index < -0.39 is 16.8 Å². The fraction of sp³-hybridized carbons (Fsp3) is 0.818. The fourth-order valence-electron chi connectivity index (χ4n) is 2.20. The minimum atomic E-state index is -0.937. The number of amides is 1. The van der Waals surface area contributed by atoms with E-state index >= 15 is 0 Å². The van der Waals surface area contributed by atoms with Gasteiger partial charge < -0.3 is 10.4 Å². The smallest absolute Gasteiger partial charge is 0.306 e. The van der Waals surface area contributed by atoms with Crippen molar-refractivity contribution in [1.82, 2.24) is 5.32 Å². The number of carboxylic acids is 1. The van der Waals surface area contributed by atoms with Gasteiger partial charge in [0.1, 0.15) is 0 Å². The van der Waals surface area contributed by atoms with Crippen LogP contribution in [0.2, 0.25) is 0 Å². The van der Waals surface area contributed by atoms with Crippen molar-refractivity contribution in [3.63, 3.8) is 0 Å². The molecule has 0 saturated heterocycles. The molecule has 0 aromatic carbocycles. The Labute approximate surface area is 103 Å². The Bertz CT molecular complexity index is 331. The second kappa shape index (κ2) is 6.14. The Hall–Kier alpha value is -0.910. The van der Waals surface area contributed by atoms with E-state index in [0.717, 1.165) is 0 Å². The molecule has 1 rings (SSSR count). The van der Waals surface area contributed by atoms with E-state index in [0.29, 0.717) is 25.0 Å². The zero-order valence-corrected chi connectivity index (χ0v) is 11.0. The minimum absolute atomic E-state index is 0.105. The second-order valence-electron chi connectivity index (χ2n) is 4.69. The first-order valence-corrected chi connectivity index (χ1v) is 7.46. The van der Waals surface area contributed by atoms with Gasteiger partial charge in [-0.1, -0.05) is 0 Å². The third-order valence-corrected chi connectivity index (χ3v) is 4.00. The molecular formula is C11H19NO4S. The summed E-state index contributed by atoms with van der Waals surface area (Å²) in [5, 5.41) is 11.6. The average Bonchev–Trinajstić information content (AvgIpc) is 2.64. The molecule has 0 aromatic heterocycles. The molecule has 17 heavy (non-hydrogen) atoms. The fourth-order valence-corrected chi connectivity index (χ4v) is 2.99. The number of aliphatic carboxylic acids is 1. The van der Waals surface area contributed by atoms with E-state index in [1.807, 2.05) is 6.92 Å². The summed E-state index contributed by atoms with van der Waals surface area (Å²) in [6.45, 7) is 1.81. The monoisotopic (exact) mass is 261 g/mol. The van der Waals surface area contributed by atoms with E-state index in [1.54, 1.807) is 6.26 Å². The van der Waals surface area contributed by atoms with Crippen molar-refractivity contribution in [2.24, 2.45) is 11.8 Å². The molecule has 0 bridgehead atoms. The number of hydrogen-bond acceptors (Lipinski definition) is 3. The molecule has 98 valence electrons. The first-order chi connectivity index (χ1) is 7.90. The molecule has 0 spiro atoms. The Morgan fingerprint density at radius 2 is 2.00 bits per heavy atom. The van der Waals surface area contributed by atoms with Crippen LogP contribution in [0.4, 0.5) is 0 Å². The zero-order valence-electron chi connectivity index (χ0n) is 10.1. The van der Waals surface area contributed by atoms with Gasteiger partial charge in [-0.05, 0) is 26.2 Å². The molecule has 2 N–H and O–H groups in total. The average molecular weight is 261 g/mol. The SMILES string of the molecule is CC(CS(C)=O)NC(=O)[C@@H]1CC[C@H](C(=O)O)C1. The van der Waals surface area contributed by atoms with Crippen molar-refractivity contribution in [3.05, 3.63) is 0 Å². The van der Waals surface area contributed by atoms with Crippen LogP contribution in [0, 0.1) is 11.8 Å². The Morgan fingerprint density at radius 1 is 1.41 bits per heavy atom. The maximum absolute atomic E-state index is 11.8. The lowest BCUT2D eigenvalue weighted by atomic mass is 10.0. The zero-order chi connectivity index (χ0) is 13.0. The van der Waals surface area contributed by atoms with E-state index in [4.69, 9.17) is 5.11 Å². The Kier molecular flexibility index (Phi) is 5.11. The molecule has 4 atom stereocenters. The van der Waals surface area contributed by atoms with Crippen LogP contribution in [0.25, 0.3) is 0 Å². The van der Waals surface area contributed by atoms with Crippen LogP contribution in [-0.4, -0.2) is 39.2 Å². The third-order valence-electron chi connectivity index (χ3n) is 3.03. The standard InChI is InChI=1S/C11H19NO4S/c1-7(6-17(2)16)12-10(13)8-3-4-9(5-8)11(14)15/h7-9H,3-6H2,1-2H3,(H,12,13)(H,14,15)/t7?,8-,9+,17?/m1/s1. The van der Waals surface area contributed by atoms with Crippen LogP contribution in [0.1, 0.15) is 26.2 Å². The number of carbonyl (C=O) groups excluding carboxylic acids is 1. The largest absolute Gasteiger partial charge is 0.481 e. The molecule has 1 aliphatic carbocycles. The number of hydrogen-bond donors (Lipinski definition) is 2. The van der Waals surface area contributed by atoms with Gasteiger partial charge in [-0.15, -0.1) is 0 Å². The van der Waals surface area contributed by atoms with Crippen molar-refractivity contribution in [2.75, 3.05) is 12.0 Å². The summed E-state index contributed by atoms with van der Waals surface area (Å²) in [4.78, 5) is 22.6. The van der Waals surface area contributed by atoms with Gasteiger partial charge in [0.25, 0.3) is 0 Å². The maximum atomic E-state index is 11.8. The van der Waals surface area contributed by atoms with Gasteiger partial charge in [-0.3, -0.25) is 13.8 Å².